The second-order valence-corrected chi connectivity index (χ2v) is 4.18. The first kappa shape index (κ1) is 10.7. The number of aryl methyl sites for hydroxylation is 1. The highest BCUT2D eigenvalue weighted by Crippen LogP contribution is 2.10. The minimum Gasteiger partial charge on any atom is -0.495 e. The van der Waals surface area contributed by atoms with Crippen molar-refractivity contribution in [2.24, 2.45) is 0 Å². The Kier molecular flexibility index (Phi) is 3.18. The molecular formula is C12H10N2OS. The van der Waals surface area contributed by atoms with Crippen LogP contribution in [0.3, 0.4) is 0 Å². The largest absolute Gasteiger partial charge is 0.495 e. The Hall–Kier alpha value is -1.86. The molecule has 0 radical (unpaired) electrons. The Morgan fingerprint density at radius 2 is 2.19 bits per heavy atom. The fourth-order valence-electron chi connectivity index (χ4n) is 1.16. The quantitative estimate of drug-likeness (QED) is 0.705. The van der Waals surface area contributed by atoms with Crippen LogP contribution in [0.2, 0.25) is 0 Å². The van der Waals surface area contributed by atoms with E-state index in [1.165, 1.54) is 0 Å². The molecule has 2 heterocycles. The van der Waals surface area contributed by atoms with Crippen molar-refractivity contribution in [3.05, 3.63) is 40.1 Å². The molecule has 0 aliphatic heterocycles. The molecule has 0 amide bonds. The molecule has 4 heteroatoms. The summed E-state index contributed by atoms with van der Waals surface area (Å²) in [7, 11) is 1.61. The third kappa shape index (κ3) is 2.59. The van der Waals surface area contributed by atoms with Crippen LogP contribution in [0.25, 0.3) is 0 Å². The van der Waals surface area contributed by atoms with E-state index in [9.17, 15) is 0 Å². The molecule has 0 unspecified atom stereocenters. The second kappa shape index (κ2) is 4.77. The number of ether oxygens (including phenoxy) is 1. The third-order valence-electron chi connectivity index (χ3n) is 1.90. The SMILES string of the molecule is COc1cncc(C#Cc2csc(C)n2)c1. The molecule has 0 aliphatic rings. The lowest BCUT2D eigenvalue weighted by molar-refractivity contribution is 0.413. The zero-order valence-electron chi connectivity index (χ0n) is 9.02. The van der Waals surface area contributed by atoms with Crippen molar-refractivity contribution in [2.75, 3.05) is 7.11 Å². The standard InChI is InChI=1S/C12H10N2OS/c1-9-14-11(8-16-9)4-3-10-5-12(15-2)7-13-6-10/h5-8H,1-2H3. The van der Waals surface area contributed by atoms with Gasteiger partial charge in [-0.3, -0.25) is 4.98 Å². The smallest absolute Gasteiger partial charge is 0.138 e. The van der Waals surface area contributed by atoms with Crippen LogP contribution in [0.5, 0.6) is 5.75 Å². The normalized spacial score (nSPS) is 9.38. The van der Waals surface area contributed by atoms with Gasteiger partial charge >= 0.3 is 0 Å². The summed E-state index contributed by atoms with van der Waals surface area (Å²) in [6.45, 7) is 1.96. The van der Waals surface area contributed by atoms with E-state index in [1.807, 2.05) is 18.4 Å². The van der Waals surface area contributed by atoms with Gasteiger partial charge in [0.25, 0.3) is 0 Å². The van der Waals surface area contributed by atoms with Crippen molar-refractivity contribution < 1.29 is 4.74 Å². The third-order valence-corrected chi connectivity index (χ3v) is 2.68. The van der Waals surface area contributed by atoms with Gasteiger partial charge in [-0.2, -0.15) is 0 Å². The Morgan fingerprint density at radius 1 is 1.31 bits per heavy atom. The summed E-state index contributed by atoms with van der Waals surface area (Å²) in [4.78, 5) is 8.29. The number of thiazole rings is 1. The molecular weight excluding hydrogens is 220 g/mol. The first-order chi connectivity index (χ1) is 7.78. The maximum Gasteiger partial charge on any atom is 0.138 e. The van der Waals surface area contributed by atoms with Crippen molar-refractivity contribution in [3.63, 3.8) is 0 Å². The fourth-order valence-corrected chi connectivity index (χ4v) is 1.70. The molecule has 80 valence electrons. The van der Waals surface area contributed by atoms with Gasteiger partial charge in [-0.25, -0.2) is 4.98 Å². The molecule has 0 saturated heterocycles. The lowest BCUT2D eigenvalue weighted by Crippen LogP contribution is -1.85. The first-order valence-corrected chi connectivity index (χ1v) is 5.59. The number of nitrogens with zero attached hydrogens (tertiary/aromatic N) is 2. The highest BCUT2D eigenvalue weighted by atomic mass is 32.1. The Morgan fingerprint density at radius 3 is 2.88 bits per heavy atom. The molecule has 0 saturated carbocycles. The zero-order valence-corrected chi connectivity index (χ0v) is 9.84. The number of hydrogen-bond acceptors (Lipinski definition) is 4. The molecule has 0 aliphatic carbocycles. The van der Waals surface area contributed by atoms with Crippen LogP contribution >= 0.6 is 11.3 Å². The summed E-state index contributed by atoms with van der Waals surface area (Å²) in [5.74, 6) is 6.70. The maximum absolute atomic E-state index is 5.07. The molecule has 2 rings (SSSR count). The van der Waals surface area contributed by atoms with Crippen molar-refractivity contribution in [1.29, 1.82) is 0 Å². The van der Waals surface area contributed by atoms with Crippen LogP contribution in [-0.4, -0.2) is 17.1 Å². The average Bonchev–Trinajstić information content (AvgIpc) is 2.73. The molecule has 0 aromatic carbocycles. The average molecular weight is 230 g/mol. The highest BCUT2D eigenvalue weighted by molar-refractivity contribution is 7.09. The van der Waals surface area contributed by atoms with Crippen LogP contribution in [0.15, 0.2) is 23.8 Å². The molecule has 2 aromatic rings. The molecule has 0 atom stereocenters. The lowest BCUT2D eigenvalue weighted by Gasteiger charge is -1.97. The minimum absolute atomic E-state index is 0.709. The van der Waals surface area contributed by atoms with Gasteiger partial charge in [0.05, 0.1) is 18.3 Å². The number of pyridine rings is 1. The van der Waals surface area contributed by atoms with E-state index in [1.54, 1.807) is 30.8 Å². The van der Waals surface area contributed by atoms with E-state index in [4.69, 9.17) is 4.74 Å². The van der Waals surface area contributed by atoms with Gasteiger partial charge in [-0.05, 0) is 18.9 Å². The molecule has 0 bridgehead atoms. The summed E-state index contributed by atoms with van der Waals surface area (Å²) in [6, 6.07) is 1.85. The van der Waals surface area contributed by atoms with Crippen molar-refractivity contribution in [1.82, 2.24) is 9.97 Å². The van der Waals surface area contributed by atoms with Gasteiger partial charge in [-0.15, -0.1) is 11.3 Å². The first-order valence-electron chi connectivity index (χ1n) is 4.71. The van der Waals surface area contributed by atoms with E-state index in [0.717, 1.165) is 16.3 Å². The predicted molar refractivity (Wildman–Crippen MR) is 63.6 cm³/mol. The van der Waals surface area contributed by atoms with Crippen molar-refractivity contribution >= 4 is 11.3 Å². The molecule has 0 spiro atoms. The predicted octanol–water partition coefficient (Wildman–Crippen LogP) is 2.25. The number of methoxy groups -OCH3 is 1. The summed E-state index contributed by atoms with van der Waals surface area (Å²) in [5.41, 5.74) is 1.62. The van der Waals surface area contributed by atoms with E-state index in [0.29, 0.717) is 5.75 Å². The number of hydrogen-bond donors (Lipinski definition) is 0. The van der Waals surface area contributed by atoms with Crippen molar-refractivity contribution in [2.45, 2.75) is 6.92 Å². The fraction of sp³-hybridized carbons (Fsp3) is 0.167. The van der Waals surface area contributed by atoms with Gasteiger partial charge in [0.1, 0.15) is 11.4 Å². The van der Waals surface area contributed by atoms with Crippen LogP contribution in [0, 0.1) is 18.8 Å². The van der Waals surface area contributed by atoms with Gasteiger partial charge in [0.15, 0.2) is 0 Å². The summed E-state index contributed by atoms with van der Waals surface area (Å²) < 4.78 is 5.07. The van der Waals surface area contributed by atoms with E-state index >= 15 is 0 Å². The molecule has 2 aromatic heterocycles. The van der Waals surface area contributed by atoms with Gasteiger partial charge in [0.2, 0.25) is 0 Å². The topological polar surface area (TPSA) is 35.0 Å². The Labute approximate surface area is 98.1 Å². The summed E-state index contributed by atoms with van der Waals surface area (Å²) in [6.07, 6.45) is 3.35. The molecule has 3 nitrogen and oxygen atoms in total. The van der Waals surface area contributed by atoms with Crippen molar-refractivity contribution in [3.8, 4) is 17.6 Å². The maximum atomic E-state index is 5.07. The molecule has 0 N–H and O–H groups in total. The van der Waals surface area contributed by atoms with E-state index < -0.39 is 0 Å². The van der Waals surface area contributed by atoms with Gasteiger partial charge in [-0.1, -0.05) is 5.92 Å². The monoisotopic (exact) mass is 230 g/mol. The van der Waals surface area contributed by atoms with Gasteiger partial charge in [0, 0.05) is 17.1 Å². The van der Waals surface area contributed by atoms with Gasteiger partial charge < -0.3 is 4.74 Å². The number of aromatic nitrogens is 2. The minimum atomic E-state index is 0.709. The lowest BCUT2D eigenvalue weighted by atomic mass is 10.3. The van der Waals surface area contributed by atoms with Crippen LogP contribution in [-0.2, 0) is 0 Å². The molecule has 0 fully saturated rings. The summed E-state index contributed by atoms with van der Waals surface area (Å²) >= 11 is 1.59. The Bertz CT molecular complexity index is 551. The second-order valence-electron chi connectivity index (χ2n) is 3.12. The van der Waals surface area contributed by atoms with Crippen LogP contribution in [0.1, 0.15) is 16.3 Å². The highest BCUT2D eigenvalue weighted by Gasteiger charge is 1.94. The molecule has 16 heavy (non-hydrogen) atoms. The van der Waals surface area contributed by atoms with Crippen LogP contribution in [0.4, 0.5) is 0 Å². The zero-order chi connectivity index (χ0) is 11.4. The van der Waals surface area contributed by atoms with Crippen LogP contribution < -0.4 is 4.74 Å². The Balaban J connectivity index is 2.23. The number of rotatable bonds is 1. The summed E-state index contributed by atoms with van der Waals surface area (Å²) in [5, 5.41) is 2.96. The van der Waals surface area contributed by atoms with E-state index in [2.05, 4.69) is 21.8 Å². The van der Waals surface area contributed by atoms with E-state index in [-0.39, 0.29) is 0 Å².